The zero-order valence-corrected chi connectivity index (χ0v) is 18.0. The number of anilines is 2. The van der Waals surface area contributed by atoms with Gasteiger partial charge in [-0.2, -0.15) is 5.10 Å². The van der Waals surface area contributed by atoms with Crippen molar-refractivity contribution in [1.82, 2.24) is 10.2 Å². The van der Waals surface area contributed by atoms with Gasteiger partial charge in [-0.05, 0) is 42.8 Å². The van der Waals surface area contributed by atoms with Gasteiger partial charge in [-0.25, -0.2) is 8.78 Å². The summed E-state index contributed by atoms with van der Waals surface area (Å²) in [5.74, 6) is -1.28. The molecule has 1 heterocycles. The van der Waals surface area contributed by atoms with Gasteiger partial charge in [0.05, 0.1) is 15.7 Å². The second-order valence-corrected chi connectivity index (χ2v) is 8.25. The molecule has 3 rings (SSSR count). The third-order valence-electron chi connectivity index (χ3n) is 4.76. The van der Waals surface area contributed by atoms with Gasteiger partial charge in [0.1, 0.15) is 23.5 Å². The molecule has 1 atom stereocenters. The second kappa shape index (κ2) is 8.62. The van der Waals surface area contributed by atoms with Gasteiger partial charge in [0.25, 0.3) is 0 Å². The van der Waals surface area contributed by atoms with E-state index in [0.29, 0.717) is 32.8 Å². The Hall–Kier alpha value is -2.64. The number of nitrogens with zero attached hydrogens (tertiary/aromatic N) is 1. The number of H-pyrrole nitrogens is 1. The monoisotopic (exact) mass is 452 g/mol. The number of aromatic nitrogens is 2. The van der Waals surface area contributed by atoms with E-state index < -0.39 is 23.1 Å². The van der Waals surface area contributed by atoms with Crippen molar-refractivity contribution in [1.29, 1.82) is 0 Å². The molecule has 2 aromatic carbocycles. The summed E-state index contributed by atoms with van der Waals surface area (Å²) in [7, 11) is 0. The van der Waals surface area contributed by atoms with Gasteiger partial charge in [-0.15, -0.1) is 0 Å². The zero-order valence-electron chi connectivity index (χ0n) is 16.5. The first-order valence-corrected chi connectivity index (χ1v) is 9.87. The lowest BCUT2D eigenvalue weighted by atomic mass is 9.81. The smallest absolute Gasteiger partial charge is 0.247 e. The minimum Gasteiger partial charge on any atom is -0.374 e. The summed E-state index contributed by atoms with van der Waals surface area (Å²) >= 11 is 11.9. The van der Waals surface area contributed by atoms with E-state index in [4.69, 9.17) is 23.2 Å². The molecule has 1 amide bonds. The van der Waals surface area contributed by atoms with Crippen LogP contribution in [-0.2, 0) is 10.2 Å². The van der Waals surface area contributed by atoms with Gasteiger partial charge in [-0.3, -0.25) is 9.89 Å². The van der Waals surface area contributed by atoms with Crippen LogP contribution in [0.3, 0.4) is 0 Å². The largest absolute Gasteiger partial charge is 0.374 e. The molecule has 0 saturated heterocycles. The Kier molecular flexibility index (Phi) is 6.33. The fourth-order valence-corrected chi connectivity index (χ4v) is 3.21. The molecule has 5 nitrogen and oxygen atoms in total. The van der Waals surface area contributed by atoms with Crippen LogP contribution in [0.5, 0.6) is 0 Å². The lowest BCUT2D eigenvalue weighted by Crippen LogP contribution is -2.32. The van der Waals surface area contributed by atoms with E-state index in [1.54, 1.807) is 45.0 Å². The molecule has 0 bridgehead atoms. The first-order valence-electron chi connectivity index (χ1n) is 9.11. The maximum Gasteiger partial charge on any atom is 0.247 e. The molecule has 0 aliphatic heterocycles. The van der Waals surface area contributed by atoms with Crippen LogP contribution in [0.2, 0.25) is 10.0 Å². The van der Waals surface area contributed by atoms with Crippen molar-refractivity contribution >= 4 is 40.6 Å². The maximum atomic E-state index is 13.6. The number of hydrogen-bond donors (Lipinski definition) is 3. The highest BCUT2D eigenvalue weighted by molar-refractivity contribution is 6.42. The van der Waals surface area contributed by atoms with Gasteiger partial charge in [0.15, 0.2) is 0 Å². The molecule has 30 heavy (non-hydrogen) atoms. The Bertz CT molecular complexity index is 1060. The van der Waals surface area contributed by atoms with Crippen molar-refractivity contribution in [3.05, 3.63) is 75.4 Å². The maximum absolute atomic E-state index is 13.6. The van der Waals surface area contributed by atoms with E-state index in [2.05, 4.69) is 20.8 Å². The third-order valence-corrected chi connectivity index (χ3v) is 5.50. The van der Waals surface area contributed by atoms with Crippen molar-refractivity contribution in [2.75, 3.05) is 10.6 Å². The summed E-state index contributed by atoms with van der Waals surface area (Å²) in [6.45, 7) is 5.27. The van der Waals surface area contributed by atoms with E-state index in [9.17, 15) is 13.6 Å². The molecule has 0 unspecified atom stereocenters. The van der Waals surface area contributed by atoms with Gasteiger partial charge in [-0.1, -0.05) is 37.0 Å². The Balaban J connectivity index is 1.71. The number of amides is 1. The fraction of sp³-hybridized carbons (Fsp3) is 0.238. The Morgan fingerprint density at radius 2 is 1.73 bits per heavy atom. The van der Waals surface area contributed by atoms with E-state index >= 15 is 0 Å². The van der Waals surface area contributed by atoms with E-state index in [-0.39, 0.29) is 5.91 Å². The number of halogens is 4. The number of aromatic amines is 1. The quantitative estimate of drug-likeness (QED) is 0.445. The highest BCUT2D eigenvalue weighted by atomic mass is 35.5. The van der Waals surface area contributed by atoms with Crippen LogP contribution in [0.1, 0.15) is 32.0 Å². The SMILES string of the molecule is C[C@H](Nc1ccc(Cl)c(Cl)c1)C(=O)Nc1cc(C(C)(C)c2cc(F)cc(F)c2)n[nH]1. The van der Waals surface area contributed by atoms with Gasteiger partial charge in [0, 0.05) is 23.2 Å². The van der Waals surface area contributed by atoms with Crippen LogP contribution >= 0.6 is 23.2 Å². The average molecular weight is 453 g/mol. The summed E-state index contributed by atoms with van der Waals surface area (Å²) < 4.78 is 27.2. The molecule has 158 valence electrons. The summed E-state index contributed by atoms with van der Waals surface area (Å²) in [6.07, 6.45) is 0. The van der Waals surface area contributed by atoms with Crippen molar-refractivity contribution in [2.45, 2.75) is 32.2 Å². The lowest BCUT2D eigenvalue weighted by Gasteiger charge is -2.23. The van der Waals surface area contributed by atoms with E-state index in [0.717, 1.165) is 6.07 Å². The molecule has 0 radical (unpaired) electrons. The van der Waals surface area contributed by atoms with Gasteiger partial charge in [0.2, 0.25) is 5.91 Å². The summed E-state index contributed by atoms with van der Waals surface area (Å²) in [6, 6.07) is 9.37. The standard InChI is InChI=1S/C21H20Cl2F2N4O/c1-11(26-15-4-5-16(22)17(23)9-15)20(30)27-19-10-18(28-29-19)21(2,3)12-6-13(24)8-14(25)7-12/h4-11,26H,1-3H3,(H2,27,28,29,30)/t11-/m0/s1. The number of carbonyl (C=O) groups excluding carboxylic acids is 1. The molecule has 0 spiro atoms. The average Bonchev–Trinajstić information content (AvgIpc) is 3.13. The minimum atomic E-state index is -0.785. The normalized spacial score (nSPS) is 12.5. The predicted octanol–water partition coefficient (Wildman–Crippen LogP) is 5.76. The number of rotatable bonds is 6. The lowest BCUT2D eigenvalue weighted by molar-refractivity contribution is -0.116. The zero-order chi connectivity index (χ0) is 22.1. The Morgan fingerprint density at radius 1 is 1.07 bits per heavy atom. The molecule has 1 aromatic heterocycles. The molecule has 9 heteroatoms. The molecule has 3 aromatic rings. The van der Waals surface area contributed by atoms with Gasteiger partial charge >= 0.3 is 0 Å². The van der Waals surface area contributed by atoms with Crippen LogP contribution in [0, 0.1) is 11.6 Å². The number of nitrogens with one attached hydrogen (secondary N) is 3. The molecule has 0 fully saturated rings. The second-order valence-electron chi connectivity index (χ2n) is 7.43. The van der Waals surface area contributed by atoms with Crippen LogP contribution < -0.4 is 10.6 Å². The van der Waals surface area contributed by atoms with Crippen molar-refractivity contribution < 1.29 is 13.6 Å². The van der Waals surface area contributed by atoms with E-state index in [1.807, 2.05) is 0 Å². The minimum absolute atomic E-state index is 0.314. The van der Waals surface area contributed by atoms with Crippen molar-refractivity contribution in [3.8, 4) is 0 Å². The topological polar surface area (TPSA) is 69.8 Å². The van der Waals surface area contributed by atoms with Crippen LogP contribution in [0.25, 0.3) is 0 Å². The van der Waals surface area contributed by atoms with E-state index in [1.165, 1.54) is 12.1 Å². The third kappa shape index (κ3) is 4.91. The van der Waals surface area contributed by atoms with Gasteiger partial charge < -0.3 is 10.6 Å². The Morgan fingerprint density at radius 3 is 2.37 bits per heavy atom. The summed E-state index contributed by atoms with van der Waals surface area (Å²) in [5, 5.41) is 13.5. The fourth-order valence-electron chi connectivity index (χ4n) is 2.91. The summed E-state index contributed by atoms with van der Waals surface area (Å²) in [5.41, 5.74) is 0.810. The first kappa shape index (κ1) is 22.1. The summed E-state index contributed by atoms with van der Waals surface area (Å²) in [4.78, 5) is 12.5. The Labute approximate surface area is 182 Å². The molecule has 0 aliphatic carbocycles. The number of carbonyl (C=O) groups is 1. The van der Waals surface area contributed by atoms with Crippen LogP contribution in [0.15, 0.2) is 42.5 Å². The molecule has 3 N–H and O–H groups in total. The molecule has 0 saturated carbocycles. The predicted molar refractivity (Wildman–Crippen MR) is 115 cm³/mol. The molecule has 0 aliphatic rings. The number of hydrogen-bond acceptors (Lipinski definition) is 3. The molecular weight excluding hydrogens is 433 g/mol. The number of benzene rings is 2. The van der Waals surface area contributed by atoms with Crippen LogP contribution in [-0.4, -0.2) is 22.1 Å². The van der Waals surface area contributed by atoms with Crippen molar-refractivity contribution in [2.24, 2.45) is 0 Å². The van der Waals surface area contributed by atoms with Crippen LogP contribution in [0.4, 0.5) is 20.3 Å². The highest BCUT2D eigenvalue weighted by Crippen LogP contribution is 2.32. The highest BCUT2D eigenvalue weighted by Gasteiger charge is 2.28. The van der Waals surface area contributed by atoms with Crippen molar-refractivity contribution in [3.63, 3.8) is 0 Å². The first-order chi connectivity index (χ1) is 14.1. The molecular formula is C21H20Cl2F2N4O.